The van der Waals surface area contributed by atoms with Crippen LogP contribution in [0.4, 0.5) is 13.2 Å². The molecule has 0 bridgehead atoms. The Morgan fingerprint density at radius 1 is 1.12 bits per heavy atom. The molecule has 0 aliphatic carbocycles. The quantitative estimate of drug-likeness (QED) is 0.672. The van der Waals surface area contributed by atoms with Gasteiger partial charge < -0.3 is 4.74 Å². The molecule has 2 N–H and O–H groups in total. The minimum atomic E-state index is -2.73. The molecule has 0 saturated heterocycles. The Bertz CT molecular complexity index is 881. The average Bonchev–Trinajstić information content (AvgIpc) is 3.07. The van der Waals surface area contributed by atoms with E-state index in [0.717, 1.165) is 16.8 Å². The van der Waals surface area contributed by atoms with Gasteiger partial charge in [0.05, 0.1) is 18.5 Å². The van der Waals surface area contributed by atoms with Gasteiger partial charge in [0.1, 0.15) is 5.69 Å². The van der Waals surface area contributed by atoms with E-state index < -0.39 is 12.2 Å². The van der Waals surface area contributed by atoms with Crippen molar-refractivity contribution in [3.05, 3.63) is 60.0 Å². The number of methoxy groups -OCH3 is 1. The molecule has 0 radical (unpaired) electrons. The zero-order valence-electron chi connectivity index (χ0n) is 13.1. The van der Waals surface area contributed by atoms with E-state index in [1.165, 1.54) is 30.0 Å². The van der Waals surface area contributed by atoms with Crippen LogP contribution >= 0.6 is 11.9 Å². The number of hydrogen-bond acceptors (Lipinski definition) is 4. The van der Waals surface area contributed by atoms with Crippen LogP contribution in [0.25, 0.3) is 16.9 Å². The summed E-state index contributed by atoms with van der Waals surface area (Å²) in [5, 5.41) is 9.45. The Hall–Kier alpha value is -2.45. The number of benzene rings is 2. The van der Waals surface area contributed by atoms with Crippen molar-refractivity contribution < 1.29 is 17.9 Å². The van der Waals surface area contributed by atoms with Crippen LogP contribution in [0.2, 0.25) is 0 Å². The number of ether oxygens (including phenoxy) is 1. The average molecular weight is 365 g/mol. The van der Waals surface area contributed by atoms with Crippen molar-refractivity contribution in [3.8, 4) is 22.7 Å². The predicted molar refractivity (Wildman–Crippen MR) is 90.5 cm³/mol. The summed E-state index contributed by atoms with van der Waals surface area (Å²) in [5.74, 6) is -0.505. The van der Waals surface area contributed by atoms with Crippen molar-refractivity contribution in [2.75, 3.05) is 7.11 Å². The standard InChI is InChI=1S/C17H14F3N3OS/c1-24-16-7-2-10(8-13(16)18)15-9-14(17(19)20)22-23(15)11-3-5-12(25-21)6-4-11/h2-9,17H,21H2,1H3. The van der Waals surface area contributed by atoms with Gasteiger partial charge in [-0.25, -0.2) is 17.9 Å². The first-order valence-corrected chi connectivity index (χ1v) is 8.10. The van der Waals surface area contributed by atoms with Gasteiger partial charge in [-0.1, -0.05) is 0 Å². The van der Waals surface area contributed by atoms with Gasteiger partial charge in [0, 0.05) is 10.5 Å². The van der Waals surface area contributed by atoms with Gasteiger partial charge in [-0.05, 0) is 60.5 Å². The van der Waals surface area contributed by atoms with Crippen LogP contribution in [0.1, 0.15) is 12.1 Å². The van der Waals surface area contributed by atoms with Crippen LogP contribution in [0.3, 0.4) is 0 Å². The van der Waals surface area contributed by atoms with E-state index in [-0.39, 0.29) is 11.4 Å². The molecule has 8 heteroatoms. The first-order chi connectivity index (χ1) is 12.0. The Morgan fingerprint density at radius 3 is 2.40 bits per heavy atom. The molecule has 3 rings (SSSR count). The molecular weight excluding hydrogens is 351 g/mol. The molecule has 0 saturated carbocycles. The lowest BCUT2D eigenvalue weighted by Crippen LogP contribution is -2.00. The molecule has 0 atom stereocenters. The molecule has 25 heavy (non-hydrogen) atoms. The maximum atomic E-state index is 14.0. The van der Waals surface area contributed by atoms with Gasteiger partial charge in [-0.15, -0.1) is 0 Å². The fourth-order valence-corrected chi connectivity index (χ4v) is 2.69. The lowest BCUT2D eigenvalue weighted by atomic mass is 10.1. The summed E-state index contributed by atoms with van der Waals surface area (Å²) in [6, 6.07) is 12.4. The third kappa shape index (κ3) is 3.49. The summed E-state index contributed by atoms with van der Waals surface area (Å²) in [5.41, 5.74) is 0.944. The SMILES string of the molecule is COc1ccc(-c2cc(C(F)F)nn2-c2ccc(SN)cc2)cc1F. The topological polar surface area (TPSA) is 53.1 Å². The zero-order chi connectivity index (χ0) is 18.0. The summed E-state index contributed by atoms with van der Waals surface area (Å²) in [4.78, 5) is 0.821. The van der Waals surface area contributed by atoms with Crippen LogP contribution < -0.4 is 9.88 Å². The third-order valence-corrected chi connectivity index (χ3v) is 4.16. The first-order valence-electron chi connectivity index (χ1n) is 7.22. The van der Waals surface area contributed by atoms with Crippen LogP contribution in [0, 0.1) is 5.82 Å². The van der Waals surface area contributed by atoms with E-state index in [1.807, 2.05) is 0 Å². The zero-order valence-corrected chi connectivity index (χ0v) is 13.9. The van der Waals surface area contributed by atoms with Crippen molar-refractivity contribution in [2.24, 2.45) is 5.14 Å². The van der Waals surface area contributed by atoms with Gasteiger partial charge in [-0.3, -0.25) is 5.14 Å². The number of nitrogens with two attached hydrogens (primary N) is 1. The van der Waals surface area contributed by atoms with E-state index in [4.69, 9.17) is 9.88 Å². The summed E-state index contributed by atoms with van der Waals surface area (Å²) >= 11 is 1.08. The van der Waals surface area contributed by atoms with Gasteiger partial charge in [0.15, 0.2) is 11.6 Å². The second kappa shape index (κ2) is 7.20. The van der Waals surface area contributed by atoms with Crippen LogP contribution in [0.5, 0.6) is 5.75 Å². The van der Waals surface area contributed by atoms with E-state index in [1.54, 1.807) is 30.3 Å². The van der Waals surface area contributed by atoms with Gasteiger partial charge in [0.25, 0.3) is 6.43 Å². The Kier molecular flexibility index (Phi) is 5.00. The normalized spacial score (nSPS) is 11.1. The van der Waals surface area contributed by atoms with Crippen molar-refractivity contribution >= 4 is 11.9 Å². The van der Waals surface area contributed by atoms with E-state index in [0.29, 0.717) is 16.9 Å². The molecule has 2 aromatic carbocycles. The fraction of sp³-hybridized carbons (Fsp3) is 0.118. The molecule has 1 aromatic heterocycles. The van der Waals surface area contributed by atoms with Crippen LogP contribution in [0.15, 0.2) is 53.4 Å². The number of aromatic nitrogens is 2. The molecular formula is C17H14F3N3OS. The molecule has 0 spiro atoms. The van der Waals surface area contributed by atoms with Crippen molar-refractivity contribution in [2.45, 2.75) is 11.3 Å². The third-order valence-electron chi connectivity index (χ3n) is 3.62. The second-order valence-electron chi connectivity index (χ2n) is 5.13. The molecule has 0 fully saturated rings. The molecule has 1 heterocycles. The summed E-state index contributed by atoms with van der Waals surface area (Å²) in [6.07, 6.45) is -2.73. The summed E-state index contributed by atoms with van der Waals surface area (Å²) < 4.78 is 46.5. The van der Waals surface area contributed by atoms with E-state index >= 15 is 0 Å². The van der Waals surface area contributed by atoms with Gasteiger partial charge in [0.2, 0.25) is 0 Å². The molecule has 0 unspecified atom stereocenters. The van der Waals surface area contributed by atoms with Crippen molar-refractivity contribution in [3.63, 3.8) is 0 Å². The van der Waals surface area contributed by atoms with Crippen molar-refractivity contribution in [1.29, 1.82) is 0 Å². The van der Waals surface area contributed by atoms with Gasteiger partial charge >= 0.3 is 0 Å². The highest BCUT2D eigenvalue weighted by Gasteiger charge is 2.18. The predicted octanol–water partition coefficient (Wildman–Crippen LogP) is 4.59. The Balaban J connectivity index is 2.13. The summed E-state index contributed by atoms with van der Waals surface area (Å²) in [7, 11) is 1.36. The molecule has 3 aromatic rings. The highest BCUT2D eigenvalue weighted by molar-refractivity contribution is 7.97. The monoisotopic (exact) mass is 365 g/mol. The maximum Gasteiger partial charge on any atom is 0.282 e. The number of hydrogen-bond donors (Lipinski definition) is 1. The highest BCUT2D eigenvalue weighted by atomic mass is 32.2. The minimum absolute atomic E-state index is 0.0771. The smallest absolute Gasteiger partial charge is 0.282 e. The van der Waals surface area contributed by atoms with Crippen LogP contribution in [-0.2, 0) is 0 Å². The largest absolute Gasteiger partial charge is 0.494 e. The highest BCUT2D eigenvalue weighted by Crippen LogP contribution is 2.31. The lowest BCUT2D eigenvalue weighted by Gasteiger charge is -2.09. The van der Waals surface area contributed by atoms with Crippen LogP contribution in [-0.4, -0.2) is 16.9 Å². The molecule has 0 aliphatic rings. The minimum Gasteiger partial charge on any atom is -0.494 e. The molecule has 130 valence electrons. The number of alkyl halides is 2. The second-order valence-corrected chi connectivity index (χ2v) is 5.84. The van der Waals surface area contributed by atoms with E-state index in [2.05, 4.69) is 5.10 Å². The molecule has 4 nitrogen and oxygen atoms in total. The van der Waals surface area contributed by atoms with Gasteiger partial charge in [-0.2, -0.15) is 5.10 Å². The number of rotatable bonds is 5. The number of nitrogens with zero attached hydrogens (tertiary/aromatic N) is 2. The number of halogens is 3. The maximum absolute atomic E-state index is 14.0. The Morgan fingerprint density at radius 2 is 1.84 bits per heavy atom. The van der Waals surface area contributed by atoms with E-state index in [9.17, 15) is 13.2 Å². The molecule has 0 aliphatic heterocycles. The Labute approximate surface area is 146 Å². The molecule has 0 amide bonds. The lowest BCUT2D eigenvalue weighted by molar-refractivity contribution is 0.145. The fourth-order valence-electron chi connectivity index (χ4n) is 2.40. The first kappa shape index (κ1) is 17.4. The summed E-state index contributed by atoms with van der Waals surface area (Å²) in [6.45, 7) is 0. The van der Waals surface area contributed by atoms with Crippen molar-refractivity contribution in [1.82, 2.24) is 9.78 Å².